The van der Waals surface area contributed by atoms with Crippen LogP contribution in [0, 0.1) is 19.8 Å². The van der Waals surface area contributed by atoms with E-state index in [1.54, 1.807) is 6.20 Å². The minimum Gasteiger partial charge on any atom is -0.363 e. The van der Waals surface area contributed by atoms with E-state index in [0.29, 0.717) is 11.5 Å². The van der Waals surface area contributed by atoms with Crippen LogP contribution in [-0.2, 0) is 4.79 Å². The van der Waals surface area contributed by atoms with E-state index in [2.05, 4.69) is 20.6 Å². The van der Waals surface area contributed by atoms with Gasteiger partial charge in [0.15, 0.2) is 5.82 Å². The smallest absolute Gasteiger partial charge is 0.254 e. The van der Waals surface area contributed by atoms with Gasteiger partial charge in [-0.25, -0.2) is 9.97 Å². The third-order valence-electron chi connectivity index (χ3n) is 6.34. The largest absolute Gasteiger partial charge is 0.363 e. The van der Waals surface area contributed by atoms with Crippen molar-refractivity contribution in [3.05, 3.63) is 47.2 Å². The fraction of sp³-hybridized carbons (Fsp3) is 0.360. The number of anilines is 4. The van der Waals surface area contributed by atoms with Crippen molar-refractivity contribution in [1.29, 1.82) is 0 Å². The van der Waals surface area contributed by atoms with Gasteiger partial charge in [0, 0.05) is 53.8 Å². The van der Waals surface area contributed by atoms with E-state index in [1.807, 2.05) is 44.1 Å². The highest BCUT2D eigenvalue weighted by atomic mass is 16.2. The zero-order chi connectivity index (χ0) is 27.4. The van der Waals surface area contributed by atoms with Gasteiger partial charge in [-0.3, -0.25) is 19.6 Å². The van der Waals surface area contributed by atoms with Crippen LogP contribution in [0.2, 0.25) is 0 Å². The second-order valence-corrected chi connectivity index (χ2v) is 9.00. The third-order valence-corrected chi connectivity index (χ3v) is 6.34. The average molecular weight is 476 g/mol. The maximum Gasteiger partial charge on any atom is 0.254 e. The van der Waals surface area contributed by atoms with Crippen LogP contribution in [0.1, 0.15) is 57.4 Å². The maximum atomic E-state index is 12.9. The van der Waals surface area contributed by atoms with Crippen LogP contribution >= 0.6 is 0 Å². The lowest BCUT2D eigenvalue weighted by atomic mass is 9.97. The number of carbonyl (C=O) groups excluding carboxylic acids is 2. The molecule has 180 valence electrons. The van der Waals surface area contributed by atoms with Gasteiger partial charge in [0.05, 0.1) is 40.1 Å². The van der Waals surface area contributed by atoms with E-state index < -0.39 is 12.9 Å². The molecule has 1 saturated carbocycles. The molecule has 1 atom stereocenters. The van der Waals surface area contributed by atoms with E-state index in [4.69, 9.17) is 14.1 Å². The van der Waals surface area contributed by atoms with Gasteiger partial charge < -0.3 is 20.9 Å². The molecule has 3 N–H and O–H groups in total. The Morgan fingerprint density at radius 3 is 2.66 bits per heavy atom. The predicted molar refractivity (Wildman–Crippen MR) is 134 cm³/mol. The SMILES string of the molecule is [2H]C([2H])([2H])NC(=O)c1cnc(NC(=O)C2CC2)cc1Nc1nc(C)cc2c1N(C)[C@H](C)c1nc(C)cnc1-2. The van der Waals surface area contributed by atoms with Gasteiger partial charge in [-0.1, -0.05) is 0 Å². The Labute approximate surface area is 207 Å². The zero-order valence-electron chi connectivity index (χ0n) is 22.9. The Bertz CT molecular complexity index is 1460. The van der Waals surface area contributed by atoms with Crippen molar-refractivity contribution in [2.24, 2.45) is 5.92 Å². The number of rotatable bonds is 5. The summed E-state index contributed by atoms with van der Waals surface area (Å²) in [5.74, 6) is -0.346. The second kappa shape index (κ2) is 8.61. The molecular formula is C25H28N8O2. The van der Waals surface area contributed by atoms with Gasteiger partial charge in [0.1, 0.15) is 5.82 Å². The number of fused-ring (bicyclic) bond motifs is 3. The molecule has 2 aliphatic rings. The highest BCUT2D eigenvalue weighted by molar-refractivity contribution is 6.02. The van der Waals surface area contributed by atoms with Gasteiger partial charge in [-0.15, -0.1) is 0 Å². The van der Waals surface area contributed by atoms with Crippen molar-refractivity contribution in [3.63, 3.8) is 0 Å². The molecule has 0 saturated heterocycles. The van der Waals surface area contributed by atoms with Gasteiger partial charge in [0.2, 0.25) is 5.91 Å². The summed E-state index contributed by atoms with van der Waals surface area (Å²) < 4.78 is 22.3. The molecule has 1 fully saturated rings. The summed E-state index contributed by atoms with van der Waals surface area (Å²) in [4.78, 5) is 45.6. The first kappa shape index (κ1) is 19.2. The van der Waals surface area contributed by atoms with Crippen LogP contribution in [0.3, 0.4) is 0 Å². The highest BCUT2D eigenvalue weighted by Crippen LogP contribution is 2.46. The summed E-state index contributed by atoms with van der Waals surface area (Å²) in [5, 5.41) is 8.00. The lowest BCUT2D eigenvalue weighted by Gasteiger charge is -2.35. The third kappa shape index (κ3) is 4.16. The van der Waals surface area contributed by atoms with Crippen molar-refractivity contribution in [1.82, 2.24) is 25.3 Å². The van der Waals surface area contributed by atoms with Crippen LogP contribution in [0.15, 0.2) is 24.5 Å². The normalized spacial score (nSPS) is 17.9. The molecule has 0 radical (unpaired) electrons. The lowest BCUT2D eigenvalue weighted by Crippen LogP contribution is -2.29. The standard InChI is InChI=1S/C25H28N8O2/c1-12-8-16-21-20(29-13(2)10-28-21)14(3)33(5)22(16)23(30-12)31-18-9-19(32-24(34)15-6-7-15)27-11-17(18)25(35)26-4/h8-11,14-15H,6-7H2,1-5H3,(H,26,35)(H2,27,30,31,32,34)/t14-/m1/s1/i4D3. The van der Waals surface area contributed by atoms with Crippen LogP contribution in [-0.4, -0.2) is 45.8 Å². The number of nitrogens with one attached hydrogen (secondary N) is 3. The molecule has 0 spiro atoms. The van der Waals surface area contributed by atoms with E-state index in [1.165, 1.54) is 12.3 Å². The minimum atomic E-state index is -2.69. The molecule has 0 unspecified atom stereocenters. The number of aromatic nitrogens is 4. The average Bonchev–Trinajstić information content (AvgIpc) is 3.67. The fourth-order valence-electron chi connectivity index (χ4n) is 4.24. The quantitative estimate of drug-likeness (QED) is 0.512. The number of pyridine rings is 2. The van der Waals surface area contributed by atoms with E-state index in [9.17, 15) is 9.59 Å². The molecule has 1 aliphatic carbocycles. The van der Waals surface area contributed by atoms with Crippen LogP contribution in [0.5, 0.6) is 0 Å². The van der Waals surface area contributed by atoms with Crippen molar-refractivity contribution in [2.45, 2.75) is 39.7 Å². The molecule has 10 nitrogen and oxygen atoms in total. The fourth-order valence-corrected chi connectivity index (χ4v) is 4.24. The second-order valence-electron chi connectivity index (χ2n) is 9.00. The summed E-state index contributed by atoms with van der Waals surface area (Å²) in [6, 6.07) is 3.33. The van der Waals surface area contributed by atoms with Crippen LogP contribution in [0.25, 0.3) is 11.3 Å². The number of hydrogen-bond acceptors (Lipinski definition) is 8. The topological polar surface area (TPSA) is 125 Å². The number of hydrogen-bond donors (Lipinski definition) is 3. The summed E-state index contributed by atoms with van der Waals surface area (Å²) in [6.45, 7) is 3.08. The monoisotopic (exact) mass is 475 g/mol. The Balaban J connectivity index is 1.60. The van der Waals surface area contributed by atoms with Gasteiger partial charge in [0.25, 0.3) is 5.91 Å². The maximum absolute atomic E-state index is 12.9. The number of aryl methyl sites for hydroxylation is 2. The Kier molecular flexibility index (Phi) is 4.73. The number of carbonyl (C=O) groups is 2. The van der Waals surface area contributed by atoms with Gasteiger partial charge in [-0.2, -0.15) is 0 Å². The molecule has 2 amide bonds. The Hall–Kier alpha value is -4.08. The predicted octanol–water partition coefficient (Wildman–Crippen LogP) is 3.51. The first-order valence-electron chi connectivity index (χ1n) is 12.9. The van der Waals surface area contributed by atoms with Crippen molar-refractivity contribution < 1.29 is 13.7 Å². The van der Waals surface area contributed by atoms with E-state index in [-0.39, 0.29) is 34.9 Å². The molecular weight excluding hydrogens is 444 g/mol. The first-order valence-corrected chi connectivity index (χ1v) is 11.4. The number of amides is 2. The molecule has 3 aromatic rings. The summed E-state index contributed by atoms with van der Waals surface area (Å²) in [7, 11) is 1.93. The highest BCUT2D eigenvalue weighted by Gasteiger charge is 2.32. The van der Waals surface area contributed by atoms with Crippen molar-refractivity contribution in [2.75, 3.05) is 29.6 Å². The molecule has 1 aliphatic heterocycles. The first-order chi connectivity index (χ1) is 17.9. The summed E-state index contributed by atoms with van der Waals surface area (Å²) >= 11 is 0. The van der Waals surface area contributed by atoms with Gasteiger partial charge in [-0.05, 0) is 39.7 Å². The Morgan fingerprint density at radius 1 is 1.11 bits per heavy atom. The van der Waals surface area contributed by atoms with Crippen molar-refractivity contribution in [3.8, 4) is 11.3 Å². The van der Waals surface area contributed by atoms with Gasteiger partial charge >= 0.3 is 0 Å². The minimum absolute atomic E-state index is 0.00932. The molecule has 10 heteroatoms. The molecule has 0 aromatic carbocycles. The number of nitrogens with zero attached hydrogens (tertiary/aromatic N) is 5. The van der Waals surface area contributed by atoms with Crippen LogP contribution < -0.4 is 20.9 Å². The Morgan fingerprint density at radius 2 is 1.91 bits per heavy atom. The van der Waals surface area contributed by atoms with Crippen LogP contribution in [0.4, 0.5) is 23.0 Å². The van der Waals surface area contributed by atoms with Crippen molar-refractivity contribution >= 4 is 34.8 Å². The molecule has 0 bridgehead atoms. The summed E-state index contributed by atoms with van der Waals surface area (Å²) in [5.41, 5.74) is 4.93. The van der Waals surface area contributed by atoms with E-state index in [0.717, 1.165) is 41.2 Å². The zero-order valence-corrected chi connectivity index (χ0v) is 19.9. The lowest BCUT2D eigenvalue weighted by molar-refractivity contribution is -0.117. The molecule has 35 heavy (non-hydrogen) atoms. The molecule has 5 rings (SSSR count). The summed E-state index contributed by atoms with van der Waals surface area (Å²) in [6.07, 6.45) is 4.61. The molecule has 4 heterocycles. The molecule has 3 aromatic heterocycles. The van der Waals surface area contributed by atoms with E-state index >= 15 is 0 Å².